The van der Waals surface area contributed by atoms with Crippen molar-refractivity contribution in [2.24, 2.45) is 0 Å². The van der Waals surface area contributed by atoms with E-state index in [1.54, 1.807) is 0 Å². The number of carboxylic acid groups (broad SMARTS) is 1. The van der Waals surface area contributed by atoms with E-state index in [0.717, 1.165) is 180 Å². The number of unbranched alkanes of at least 4 members (excludes halogenated alkanes) is 17. The number of aliphatic hydroxyl groups excluding tert-OH is 2. The van der Waals surface area contributed by atoms with Gasteiger partial charge in [0.2, 0.25) is 0 Å². The van der Waals surface area contributed by atoms with Gasteiger partial charge in [-0.1, -0.05) is 225 Å². The maximum Gasteiger partial charge on any atom is 0.335 e. The van der Waals surface area contributed by atoms with Crippen LogP contribution in [0.4, 0.5) is 0 Å². The third kappa shape index (κ3) is 46.9. The van der Waals surface area contributed by atoms with E-state index in [9.17, 15) is 34.5 Å². The lowest BCUT2D eigenvalue weighted by atomic mass is 9.98. The SMILES string of the molecule is CC/C=C\C/C=C\C/C=C\C/C=C\CCCCCCCCC(=O)OCC(COC1OC(C(=O)O)C(O)C(O)C1OC(=O)CCCCCCCC/C=C\C/C=C\C/C=C\C/C=C\CC)OC(=O)CCCCCCC/C=C\C/C=C\C/C=C\CC. The zero-order chi connectivity index (χ0) is 60.3. The number of carbonyl (C=O) groups is 4. The molecule has 6 unspecified atom stereocenters. The molecule has 1 saturated heterocycles. The Morgan fingerprint density at radius 1 is 0.398 bits per heavy atom. The highest BCUT2D eigenvalue weighted by Crippen LogP contribution is 2.26. The minimum Gasteiger partial charge on any atom is -0.479 e. The molecule has 0 spiro atoms. The van der Waals surface area contributed by atoms with E-state index >= 15 is 0 Å². The molecule has 0 radical (unpaired) electrons. The van der Waals surface area contributed by atoms with Gasteiger partial charge in [0.25, 0.3) is 0 Å². The third-order valence-electron chi connectivity index (χ3n) is 13.7. The van der Waals surface area contributed by atoms with Crippen molar-refractivity contribution >= 4 is 23.9 Å². The van der Waals surface area contributed by atoms with Crippen molar-refractivity contribution in [3.63, 3.8) is 0 Å². The number of hydrogen-bond acceptors (Lipinski definition) is 11. The largest absolute Gasteiger partial charge is 0.479 e. The quantitative estimate of drug-likeness (QED) is 0.0228. The molecule has 468 valence electrons. The van der Waals surface area contributed by atoms with E-state index < -0.39 is 67.3 Å². The molecule has 0 bridgehead atoms. The van der Waals surface area contributed by atoms with Crippen molar-refractivity contribution in [1.82, 2.24) is 0 Å². The summed E-state index contributed by atoms with van der Waals surface area (Å²) in [7, 11) is 0. The Balaban J connectivity index is 2.69. The fraction of sp³-hybridized carbons (Fsp3) is 0.634. The Hall–Kier alpha value is -5.14. The van der Waals surface area contributed by atoms with Crippen LogP contribution in [0.2, 0.25) is 0 Å². The summed E-state index contributed by atoms with van der Waals surface area (Å²) in [6, 6.07) is 0. The number of allylic oxidation sites excluding steroid dienone is 22. The van der Waals surface area contributed by atoms with Crippen molar-refractivity contribution in [3.8, 4) is 0 Å². The number of aliphatic hydroxyl groups is 2. The topological polar surface area (TPSA) is 175 Å². The van der Waals surface area contributed by atoms with Crippen LogP contribution in [0.25, 0.3) is 0 Å². The van der Waals surface area contributed by atoms with Gasteiger partial charge in [0.15, 0.2) is 24.6 Å². The first-order valence-corrected chi connectivity index (χ1v) is 32.2. The predicted octanol–water partition coefficient (Wildman–Crippen LogP) is 17.3. The smallest absolute Gasteiger partial charge is 0.335 e. The molecule has 0 aromatic rings. The Morgan fingerprint density at radius 2 is 0.723 bits per heavy atom. The van der Waals surface area contributed by atoms with Crippen LogP contribution < -0.4 is 0 Å². The van der Waals surface area contributed by atoms with Crippen LogP contribution in [0.3, 0.4) is 0 Å². The second-order valence-corrected chi connectivity index (χ2v) is 21.2. The summed E-state index contributed by atoms with van der Waals surface area (Å²) >= 11 is 0. The first-order chi connectivity index (χ1) is 40.6. The number of aliphatic carboxylic acids is 1. The molecule has 12 heteroatoms. The van der Waals surface area contributed by atoms with Gasteiger partial charge in [-0.05, 0) is 128 Å². The van der Waals surface area contributed by atoms with Gasteiger partial charge in [-0.15, -0.1) is 0 Å². The monoisotopic (exact) mass is 1160 g/mol. The molecule has 12 nitrogen and oxygen atoms in total. The van der Waals surface area contributed by atoms with Gasteiger partial charge >= 0.3 is 23.9 Å². The lowest BCUT2D eigenvalue weighted by molar-refractivity contribution is -0.301. The second-order valence-electron chi connectivity index (χ2n) is 21.2. The van der Waals surface area contributed by atoms with Gasteiger partial charge < -0.3 is 39.0 Å². The van der Waals surface area contributed by atoms with E-state index in [0.29, 0.717) is 19.3 Å². The summed E-state index contributed by atoms with van der Waals surface area (Å²) in [5.74, 6) is -3.19. The first kappa shape index (κ1) is 75.9. The van der Waals surface area contributed by atoms with Gasteiger partial charge in [-0.2, -0.15) is 0 Å². The molecule has 1 aliphatic heterocycles. The molecular weight excluding hydrogens is 1040 g/mol. The Morgan fingerprint density at radius 3 is 1.10 bits per heavy atom. The Bertz CT molecular complexity index is 1950. The van der Waals surface area contributed by atoms with Crippen LogP contribution in [0, 0.1) is 0 Å². The highest BCUT2D eigenvalue weighted by Gasteiger charge is 2.50. The molecule has 83 heavy (non-hydrogen) atoms. The fourth-order valence-corrected chi connectivity index (χ4v) is 8.89. The molecule has 0 amide bonds. The average Bonchev–Trinajstić information content (AvgIpc) is 3.57. The van der Waals surface area contributed by atoms with Gasteiger partial charge in [0.1, 0.15) is 18.8 Å². The second kappa shape index (κ2) is 57.3. The van der Waals surface area contributed by atoms with Gasteiger partial charge in [0.05, 0.1) is 6.61 Å². The standard InChI is InChI=1S/C71H112O12/c1-4-7-10-13-16-19-22-25-28-30-32-34-37-39-42-45-48-51-54-57-63(72)79-60-62(81-64(73)58-55-52-49-46-43-40-36-27-24-21-18-15-12-9-6-3)61-80-71-69(67(76)66(75)68(83-71)70(77)78)82-65(74)59-56-53-50-47-44-41-38-35-33-31-29-26-23-20-17-14-11-8-5-2/h7-12,16-21,25-29,32-36,62,66-69,71,75-76H,4-6,13-15,22-24,30-31,37-61H2,1-3H3,(H,77,78)/b10-7-,11-8-,12-9-,19-16-,20-17-,21-18-,28-25-,29-26-,34-32-,35-33-,36-27-. The molecular formula is C71H112O12. The minimum atomic E-state index is -1.92. The van der Waals surface area contributed by atoms with Crippen molar-refractivity contribution in [2.75, 3.05) is 13.2 Å². The number of carbonyl (C=O) groups excluding carboxylic acids is 3. The molecule has 1 heterocycles. The van der Waals surface area contributed by atoms with Gasteiger partial charge in [-0.3, -0.25) is 14.4 Å². The number of esters is 3. The number of hydrogen-bond donors (Lipinski definition) is 3. The lowest BCUT2D eigenvalue weighted by Gasteiger charge is -2.40. The highest BCUT2D eigenvalue weighted by atomic mass is 16.7. The summed E-state index contributed by atoms with van der Waals surface area (Å²) in [6.45, 7) is 5.63. The molecule has 1 rings (SSSR count). The van der Waals surface area contributed by atoms with Crippen LogP contribution in [0.1, 0.15) is 239 Å². The van der Waals surface area contributed by atoms with Crippen molar-refractivity contribution in [1.29, 1.82) is 0 Å². The zero-order valence-corrected chi connectivity index (χ0v) is 51.6. The van der Waals surface area contributed by atoms with Gasteiger partial charge in [-0.25, -0.2) is 4.79 Å². The summed E-state index contributed by atoms with van der Waals surface area (Å²) in [5, 5.41) is 31.6. The van der Waals surface area contributed by atoms with Crippen LogP contribution >= 0.6 is 0 Å². The van der Waals surface area contributed by atoms with E-state index in [1.165, 1.54) is 0 Å². The summed E-state index contributed by atoms with van der Waals surface area (Å²) in [6.07, 6.45) is 68.3. The summed E-state index contributed by atoms with van der Waals surface area (Å²) < 4.78 is 28.5. The number of carboxylic acids is 1. The van der Waals surface area contributed by atoms with Crippen LogP contribution in [0.15, 0.2) is 134 Å². The number of ether oxygens (including phenoxy) is 5. The Labute approximate surface area is 502 Å². The lowest BCUT2D eigenvalue weighted by Crippen LogP contribution is -2.61. The molecule has 1 fully saturated rings. The minimum absolute atomic E-state index is 0.0334. The van der Waals surface area contributed by atoms with E-state index in [2.05, 4.69) is 154 Å². The molecule has 3 N–H and O–H groups in total. The fourth-order valence-electron chi connectivity index (χ4n) is 8.89. The van der Waals surface area contributed by atoms with E-state index in [-0.39, 0.29) is 25.9 Å². The van der Waals surface area contributed by atoms with Crippen molar-refractivity contribution in [3.05, 3.63) is 134 Å². The van der Waals surface area contributed by atoms with E-state index in [1.807, 2.05) is 0 Å². The van der Waals surface area contributed by atoms with Gasteiger partial charge in [0, 0.05) is 19.3 Å². The summed E-state index contributed by atoms with van der Waals surface area (Å²) in [4.78, 5) is 51.4. The molecule has 0 aliphatic carbocycles. The molecule has 1 aliphatic rings. The highest BCUT2D eigenvalue weighted by molar-refractivity contribution is 5.74. The van der Waals surface area contributed by atoms with Crippen LogP contribution in [-0.4, -0.2) is 89.2 Å². The normalized spacial score (nSPS) is 18.5. The van der Waals surface area contributed by atoms with E-state index in [4.69, 9.17) is 23.7 Å². The van der Waals surface area contributed by atoms with Crippen molar-refractivity contribution < 1.29 is 58.2 Å². The maximum absolute atomic E-state index is 13.2. The summed E-state index contributed by atoms with van der Waals surface area (Å²) in [5.41, 5.74) is 0. The molecule has 0 aromatic carbocycles. The van der Waals surface area contributed by atoms with Crippen molar-refractivity contribution in [2.45, 2.75) is 276 Å². The average molecular weight is 1160 g/mol. The number of rotatable bonds is 53. The molecule has 0 aromatic heterocycles. The van der Waals surface area contributed by atoms with Crippen LogP contribution in [0.5, 0.6) is 0 Å². The predicted molar refractivity (Wildman–Crippen MR) is 340 cm³/mol. The molecule has 6 atom stereocenters. The molecule has 0 saturated carbocycles. The Kier molecular flexibility index (Phi) is 52.4. The first-order valence-electron chi connectivity index (χ1n) is 32.2. The van der Waals surface area contributed by atoms with Crippen LogP contribution in [-0.2, 0) is 42.9 Å². The zero-order valence-electron chi connectivity index (χ0n) is 51.6. The third-order valence-corrected chi connectivity index (χ3v) is 13.7. The maximum atomic E-state index is 13.2.